The van der Waals surface area contributed by atoms with Gasteiger partial charge in [-0.3, -0.25) is 0 Å². The molecule has 2 nitrogen and oxygen atoms in total. The Kier molecular flexibility index (Phi) is 3.52. The van der Waals surface area contributed by atoms with Gasteiger partial charge >= 0.3 is 6.18 Å². The molecule has 0 aliphatic rings. The minimum atomic E-state index is -4.43. The molecule has 0 saturated carbocycles. The first-order valence-electron chi connectivity index (χ1n) is 5.19. The van der Waals surface area contributed by atoms with Crippen LogP contribution in [0.2, 0.25) is 5.02 Å². The molecule has 6 heteroatoms. The van der Waals surface area contributed by atoms with Crippen LogP contribution in [0.3, 0.4) is 0 Å². The molecule has 0 unspecified atom stereocenters. The average molecular weight is 275 g/mol. The quantitative estimate of drug-likeness (QED) is 0.858. The Hall–Kier alpha value is -1.62. The number of alkyl halides is 3. The molecule has 0 amide bonds. The smallest absolute Gasteiger partial charge is 0.380 e. The molecule has 1 aromatic heterocycles. The highest BCUT2D eigenvalue weighted by atomic mass is 35.5. The molecule has 0 aliphatic carbocycles. The van der Waals surface area contributed by atoms with Gasteiger partial charge in [0, 0.05) is 29.6 Å². The van der Waals surface area contributed by atoms with Crippen molar-refractivity contribution >= 4 is 17.3 Å². The van der Waals surface area contributed by atoms with Gasteiger partial charge in [-0.1, -0.05) is 11.6 Å². The van der Waals surface area contributed by atoms with Crippen molar-refractivity contribution in [3.05, 3.63) is 52.8 Å². The largest absolute Gasteiger partial charge is 0.418 e. The number of hydrogen-bond acceptors (Lipinski definition) is 1. The SMILES string of the molecule is FC(F)(F)c1cc(Cl)ccc1NCc1cc[nH]c1. The fraction of sp³-hybridized carbons (Fsp3) is 0.167. The van der Waals surface area contributed by atoms with Crippen LogP contribution >= 0.6 is 11.6 Å². The molecule has 0 radical (unpaired) electrons. The van der Waals surface area contributed by atoms with Gasteiger partial charge in [0.25, 0.3) is 0 Å². The van der Waals surface area contributed by atoms with Gasteiger partial charge in [-0.15, -0.1) is 0 Å². The summed E-state index contributed by atoms with van der Waals surface area (Å²) in [6.45, 7) is 0.314. The van der Waals surface area contributed by atoms with Crippen LogP contribution in [-0.2, 0) is 12.7 Å². The van der Waals surface area contributed by atoms with Crippen molar-refractivity contribution in [2.75, 3.05) is 5.32 Å². The fourth-order valence-corrected chi connectivity index (χ4v) is 1.74. The van der Waals surface area contributed by atoms with E-state index in [1.54, 1.807) is 18.5 Å². The number of aromatic nitrogens is 1. The van der Waals surface area contributed by atoms with Gasteiger partial charge in [0.2, 0.25) is 0 Å². The van der Waals surface area contributed by atoms with E-state index in [4.69, 9.17) is 11.6 Å². The van der Waals surface area contributed by atoms with Crippen molar-refractivity contribution in [1.29, 1.82) is 0 Å². The summed E-state index contributed by atoms with van der Waals surface area (Å²) >= 11 is 5.59. The number of anilines is 1. The summed E-state index contributed by atoms with van der Waals surface area (Å²) in [6.07, 6.45) is -0.995. The van der Waals surface area contributed by atoms with Crippen molar-refractivity contribution < 1.29 is 13.2 Å². The number of H-pyrrole nitrogens is 1. The van der Waals surface area contributed by atoms with Gasteiger partial charge in [0.05, 0.1) is 5.56 Å². The number of halogens is 4. The molecule has 96 valence electrons. The first kappa shape index (κ1) is 12.8. The first-order chi connectivity index (χ1) is 8.47. The molecule has 0 spiro atoms. The summed E-state index contributed by atoms with van der Waals surface area (Å²) in [7, 11) is 0. The third-order valence-corrected chi connectivity index (χ3v) is 2.67. The maximum absolute atomic E-state index is 12.8. The van der Waals surface area contributed by atoms with Crippen LogP contribution in [0, 0.1) is 0 Å². The summed E-state index contributed by atoms with van der Waals surface area (Å²) in [5, 5.41) is 2.82. The Bertz CT molecular complexity index is 521. The lowest BCUT2D eigenvalue weighted by Crippen LogP contribution is -2.10. The summed E-state index contributed by atoms with van der Waals surface area (Å²) in [5.74, 6) is 0. The van der Waals surface area contributed by atoms with Gasteiger partial charge < -0.3 is 10.3 Å². The molecule has 18 heavy (non-hydrogen) atoms. The third-order valence-electron chi connectivity index (χ3n) is 2.43. The maximum Gasteiger partial charge on any atom is 0.418 e. The second kappa shape index (κ2) is 4.94. The normalized spacial score (nSPS) is 11.6. The summed E-state index contributed by atoms with van der Waals surface area (Å²) in [5.41, 5.74) is 0.136. The van der Waals surface area contributed by atoms with E-state index in [0.717, 1.165) is 11.6 Å². The van der Waals surface area contributed by atoms with E-state index in [0.29, 0.717) is 6.54 Å². The molecule has 1 aromatic carbocycles. The zero-order valence-corrected chi connectivity index (χ0v) is 9.94. The third kappa shape index (κ3) is 2.98. The van der Waals surface area contributed by atoms with Crippen molar-refractivity contribution in [3.63, 3.8) is 0 Å². The Morgan fingerprint density at radius 3 is 2.61 bits per heavy atom. The van der Waals surface area contributed by atoms with Gasteiger partial charge in [0.1, 0.15) is 0 Å². The molecule has 1 heterocycles. The fourth-order valence-electron chi connectivity index (χ4n) is 1.57. The van der Waals surface area contributed by atoms with Crippen molar-refractivity contribution in [3.8, 4) is 0 Å². The van der Waals surface area contributed by atoms with Gasteiger partial charge in [-0.05, 0) is 29.8 Å². The monoisotopic (exact) mass is 274 g/mol. The van der Waals surface area contributed by atoms with E-state index in [1.807, 2.05) is 0 Å². The van der Waals surface area contributed by atoms with Crippen LogP contribution in [0.25, 0.3) is 0 Å². The topological polar surface area (TPSA) is 27.8 Å². The zero-order chi connectivity index (χ0) is 13.2. The first-order valence-corrected chi connectivity index (χ1v) is 5.57. The molecule has 0 aliphatic heterocycles. The molecular formula is C12H10ClF3N2. The summed E-state index contributed by atoms with van der Waals surface area (Å²) in [4.78, 5) is 2.84. The van der Waals surface area contributed by atoms with E-state index < -0.39 is 11.7 Å². The van der Waals surface area contributed by atoms with Crippen molar-refractivity contribution in [2.45, 2.75) is 12.7 Å². The lowest BCUT2D eigenvalue weighted by atomic mass is 10.1. The highest BCUT2D eigenvalue weighted by molar-refractivity contribution is 6.30. The van der Waals surface area contributed by atoms with Crippen molar-refractivity contribution in [1.82, 2.24) is 4.98 Å². The van der Waals surface area contributed by atoms with Crippen LogP contribution in [0.4, 0.5) is 18.9 Å². The van der Waals surface area contributed by atoms with E-state index in [1.165, 1.54) is 12.1 Å². The maximum atomic E-state index is 12.8. The van der Waals surface area contributed by atoms with Gasteiger partial charge in [-0.2, -0.15) is 13.2 Å². The van der Waals surface area contributed by atoms with E-state index in [2.05, 4.69) is 10.3 Å². The van der Waals surface area contributed by atoms with Crippen LogP contribution in [0.15, 0.2) is 36.7 Å². The van der Waals surface area contributed by atoms with E-state index >= 15 is 0 Å². The molecule has 0 fully saturated rings. The standard InChI is InChI=1S/C12H10ClF3N2/c13-9-1-2-11(10(5-9)12(14,15)16)18-7-8-3-4-17-6-8/h1-6,17-18H,7H2. The van der Waals surface area contributed by atoms with E-state index in [9.17, 15) is 13.2 Å². The second-order valence-corrected chi connectivity index (χ2v) is 4.20. The van der Waals surface area contributed by atoms with Crippen LogP contribution < -0.4 is 5.32 Å². The predicted octanol–water partition coefficient (Wildman–Crippen LogP) is 4.30. The lowest BCUT2D eigenvalue weighted by Gasteiger charge is -2.14. The molecular weight excluding hydrogens is 265 g/mol. The molecule has 0 bridgehead atoms. The molecule has 2 aromatic rings. The minimum Gasteiger partial charge on any atom is -0.380 e. The Morgan fingerprint density at radius 1 is 1.22 bits per heavy atom. The molecule has 2 N–H and O–H groups in total. The highest BCUT2D eigenvalue weighted by Crippen LogP contribution is 2.36. The number of rotatable bonds is 3. The average Bonchev–Trinajstić information content (AvgIpc) is 2.79. The van der Waals surface area contributed by atoms with Crippen molar-refractivity contribution in [2.24, 2.45) is 0 Å². The van der Waals surface area contributed by atoms with Crippen LogP contribution in [0.5, 0.6) is 0 Å². The van der Waals surface area contributed by atoms with Gasteiger partial charge in [0.15, 0.2) is 0 Å². The number of hydrogen-bond donors (Lipinski definition) is 2. The Labute approximate surface area is 107 Å². The molecule has 2 rings (SSSR count). The lowest BCUT2D eigenvalue weighted by molar-refractivity contribution is -0.136. The summed E-state index contributed by atoms with van der Waals surface area (Å²) < 4.78 is 38.4. The second-order valence-electron chi connectivity index (χ2n) is 3.76. The minimum absolute atomic E-state index is 0.0214. The van der Waals surface area contributed by atoms with Crippen LogP contribution in [0.1, 0.15) is 11.1 Å². The molecule has 0 atom stereocenters. The Morgan fingerprint density at radius 2 is 2.00 bits per heavy atom. The highest BCUT2D eigenvalue weighted by Gasteiger charge is 2.33. The van der Waals surface area contributed by atoms with E-state index in [-0.39, 0.29) is 10.7 Å². The van der Waals surface area contributed by atoms with Gasteiger partial charge in [-0.25, -0.2) is 0 Å². The number of benzene rings is 1. The Balaban J connectivity index is 2.22. The zero-order valence-electron chi connectivity index (χ0n) is 9.18. The number of aromatic amines is 1. The number of nitrogens with one attached hydrogen (secondary N) is 2. The molecule has 0 saturated heterocycles. The summed E-state index contributed by atoms with van der Waals surface area (Å²) in [6, 6.07) is 5.46. The predicted molar refractivity (Wildman–Crippen MR) is 64.6 cm³/mol. The van der Waals surface area contributed by atoms with Crippen LogP contribution in [-0.4, -0.2) is 4.98 Å².